The second-order valence-corrected chi connectivity index (χ2v) is 11.2. The van der Waals surface area contributed by atoms with Crippen LogP contribution in [0.3, 0.4) is 0 Å². The number of carbonyl (C=O) groups is 2. The van der Waals surface area contributed by atoms with Gasteiger partial charge in [-0.25, -0.2) is 9.59 Å². The third kappa shape index (κ3) is 9.11. The van der Waals surface area contributed by atoms with Crippen LogP contribution in [0.25, 0.3) is 0 Å². The van der Waals surface area contributed by atoms with Crippen LogP contribution in [0.5, 0.6) is 5.75 Å². The van der Waals surface area contributed by atoms with Gasteiger partial charge in [0.05, 0.1) is 12.3 Å². The van der Waals surface area contributed by atoms with Crippen LogP contribution in [0.2, 0.25) is 0 Å². The highest BCUT2D eigenvalue weighted by Gasteiger charge is 2.25. The number of piperazine rings is 1. The summed E-state index contributed by atoms with van der Waals surface area (Å²) in [6.45, 7) is 9.42. The normalized spacial score (nSPS) is 17.2. The molecule has 0 radical (unpaired) electrons. The summed E-state index contributed by atoms with van der Waals surface area (Å²) in [5, 5.41) is 8.86. The Hall–Kier alpha value is -4.28. The molecule has 3 N–H and O–H groups in total. The number of rotatable bonds is 12. The molecule has 2 heterocycles. The van der Waals surface area contributed by atoms with E-state index in [0.717, 1.165) is 63.5 Å². The molecule has 0 bridgehead atoms. The molecule has 2 fully saturated rings. The van der Waals surface area contributed by atoms with E-state index in [1.165, 1.54) is 5.56 Å². The highest BCUT2D eigenvalue weighted by atomic mass is 16.5. The Morgan fingerprint density at radius 1 is 0.886 bits per heavy atom. The fourth-order valence-corrected chi connectivity index (χ4v) is 5.81. The monoisotopic (exact) mass is 600 g/mol. The average molecular weight is 601 g/mol. The van der Waals surface area contributed by atoms with Gasteiger partial charge in [0.1, 0.15) is 12.4 Å². The second kappa shape index (κ2) is 16.0. The van der Waals surface area contributed by atoms with Gasteiger partial charge in [-0.15, -0.1) is 0 Å². The van der Waals surface area contributed by atoms with Crippen molar-refractivity contribution in [2.45, 2.75) is 32.4 Å². The number of benzene rings is 3. The van der Waals surface area contributed by atoms with E-state index in [1.54, 1.807) is 6.07 Å². The SMILES string of the molecule is CCOc1ccccc1NC(=O)OCCN1CCN(c2cccc(NC(=O)NC[C@@H]3CCCN3Cc3ccccc3)c2)CC1. The smallest absolute Gasteiger partial charge is 0.411 e. The summed E-state index contributed by atoms with van der Waals surface area (Å²) in [5.74, 6) is 0.623. The molecule has 3 amide bonds. The highest BCUT2D eigenvalue weighted by molar-refractivity contribution is 5.90. The first-order chi connectivity index (χ1) is 21.6. The minimum absolute atomic E-state index is 0.177. The number of amides is 3. The molecule has 0 spiro atoms. The topological polar surface area (TPSA) is 98.4 Å². The quantitative estimate of drug-likeness (QED) is 0.262. The van der Waals surface area contributed by atoms with Crippen molar-refractivity contribution >= 4 is 29.2 Å². The van der Waals surface area contributed by atoms with E-state index in [0.29, 0.717) is 43.8 Å². The summed E-state index contributed by atoms with van der Waals surface area (Å²) < 4.78 is 11.0. The molecule has 1 atom stereocenters. The molecule has 0 aliphatic carbocycles. The first kappa shape index (κ1) is 31.2. The van der Waals surface area contributed by atoms with Crippen LogP contribution in [-0.2, 0) is 11.3 Å². The number of likely N-dealkylation sites (tertiary alicyclic amines) is 1. The van der Waals surface area contributed by atoms with Crippen molar-refractivity contribution in [3.63, 3.8) is 0 Å². The van der Waals surface area contributed by atoms with Crippen LogP contribution in [0, 0.1) is 0 Å². The van der Waals surface area contributed by atoms with Crippen LogP contribution >= 0.6 is 0 Å². The summed E-state index contributed by atoms with van der Waals surface area (Å²) in [7, 11) is 0. The summed E-state index contributed by atoms with van der Waals surface area (Å²) in [6, 6.07) is 26.0. The first-order valence-electron chi connectivity index (χ1n) is 15.6. The van der Waals surface area contributed by atoms with Gasteiger partial charge >= 0.3 is 12.1 Å². The van der Waals surface area contributed by atoms with Crippen molar-refractivity contribution < 1.29 is 19.1 Å². The molecule has 0 unspecified atom stereocenters. The average Bonchev–Trinajstić information content (AvgIpc) is 3.49. The van der Waals surface area contributed by atoms with Crippen molar-refractivity contribution in [3.05, 3.63) is 84.4 Å². The van der Waals surface area contributed by atoms with Crippen molar-refractivity contribution in [2.24, 2.45) is 0 Å². The van der Waals surface area contributed by atoms with Gasteiger partial charge in [-0.3, -0.25) is 15.1 Å². The molecule has 0 aromatic heterocycles. The lowest BCUT2D eigenvalue weighted by Gasteiger charge is -2.36. The van der Waals surface area contributed by atoms with Gasteiger partial charge in [-0.05, 0) is 62.2 Å². The van der Waals surface area contributed by atoms with Gasteiger partial charge in [0.15, 0.2) is 0 Å². The zero-order valence-electron chi connectivity index (χ0n) is 25.5. The largest absolute Gasteiger partial charge is 0.492 e. The van der Waals surface area contributed by atoms with Gasteiger partial charge < -0.3 is 25.0 Å². The van der Waals surface area contributed by atoms with Crippen molar-refractivity contribution in [2.75, 3.05) is 74.6 Å². The molecule has 3 aromatic carbocycles. The fourth-order valence-electron chi connectivity index (χ4n) is 5.81. The van der Waals surface area contributed by atoms with E-state index in [1.807, 2.05) is 49.4 Å². The second-order valence-electron chi connectivity index (χ2n) is 11.2. The zero-order chi connectivity index (χ0) is 30.6. The number of para-hydroxylation sites is 2. The standard InChI is InChI=1S/C34H44N6O4/c1-2-43-32-16-7-6-15-31(32)37-34(42)44-23-22-38-18-20-39(21-19-38)29-13-8-12-28(24-29)36-33(41)35-25-30-14-9-17-40(30)26-27-10-4-3-5-11-27/h3-8,10-13,15-16,24,30H,2,9,14,17-23,25-26H2,1H3,(H,37,42)(H2,35,36,41)/t30-/m0/s1. The van der Waals surface area contributed by atoms with E-state index in [2.05, 4.69) is 61.0 Å². The molecule has 44 heavy (non-hydrogen) atoms. The molecule has 10 nitrogen and oxygen atoms in total. The number of carbonyl (C=O) groups excluding carboxylic acids is 2. The molecule has 2 saturated heterocycles. The van der Waals surface area contributed by atoms with Crippen molar-refractivity contribution in [1.82, 2.24) is 15.1 Å². The van der Waals surface area contributed by atoms with Crippen LogP contribution in [-0.4, -0.2) is 87.0 Å². The molecule has 3 aromatic rings. The molecule has 5 rings (SSSR count). The number of anilines is 3. The summed E-state index contributed by atoms with van der Waals surface area (Å²) in [5.41, 5.74) is 3.76. The third-order valence-electron chi connectivity index (χ3n) is 8.13. The third-order valence-corrected chi connectivity index (χ3v) is 8.13. The summed E-state index contributed by atoms with van der Waals surface area (Å²) in [4.78, 5) is 32.1. The van der Waals surface area contributed by atoms with Gasteiger partial charge in [0.2, 0.25) is 0 Å². The van der Waals surface area contributed by atoms with Crippen molar-refractivity contribution in [1.29, 1.82) is 0 Å². The lowest BCUT2D eigenvalue weighted by Crippen LogP contribution is -2.47. The minimum Gasteiger partial charge on any atom is -0.492 e. The predicted molar refractivity (Wildman–Crippen MR) is 175 cm³/mol. The highest BCUT2D eigenvalue weighted by Crippen LogP contribution is 2.24. The Morgan fingerprint density at radius 2 is 1.68 bits per heavy atom. The predicted octanol–water partition coefficient (Wildman–Crippen LogP) is 5.24. The number of ether oxygens (including phenoxy) is 2. The maximum absolute atomic E-state index is 12.8. The summed E-state index contributed by atoms with van der Waals surface area (Å²) >= 11 is 0. The molecular weight excluding hydrogens is 556 g/mol. The Labute approximate surface area is 260 Å². The number of hydrogen-bond acceptors (Lipinski definition) is 7. The number of nitrogens with zero attached hydrogens (tertiary/aromatic N) is 3. The molecule has 2 aliphatic heterocycles. The molecule has 10 heteroatoms. The molecule has 2 aliphatic rings. The first-order valence-corrected chi connectivity index (χ1v) is 15.6. The molecule has 234 valence electrons. The van der Waals surface area contributed by atoms with Gasteiger partial charge in [-0.1, -0.05) is 48.5 Å². The number of hydrogen-bond donors (Lipinski definition) is 3. The van der Waals surface area contributed by atoms with Gasteiger partial charge in [-0.2, -0.15) is 0 Å². The van der Waals surface area contributed by atoms with Crippen LogP contribution < -0.4 is 25.6 Å². The fraction of sp³-hybridized carbons (Fsp3) is 0.412. The van der Waals surface area contributed by atoms with E-state index < -0.39 is 6.09 Å². The van der Waals surface area contributed by atoms with Crippen molar-refractivity contribution in [3.8, 4) is 5.75 Å². The maximum atomic E-state index is 12.8. The van der Waals surface area contributed by atoms with Gasteiger partial charge in [0.25, 0.3) is 0 Å². The van der Waals surface area contributed by atoms with Gasteiger partial charge in [0, 0.05) is 63.2 Å². The Balaban J connectivity index is 1.01. The van der Waals surface area contributed by atoms with Crippen LogP contribution in [0.15, 0.2) is 78.9 Å². The summed E-state index contributed by atoms with van der Waals surface area (Å²) in [6.07, 6.45) is 1.76. The zero-order valence-corrected chi connectivity index (χ0v) is 25.5. The van der Waals surface area contributed by atoms with Crippen LogP contribution in [0.1, 0.15) is 25.3 Å². The van der Waals surface area contributed by atoms with E-state index in [4.69, 9.17) is 9.47 Å². The Bertz CT molecular complexity index is 1350. The van der Waals surface area contributed by atoms with E-state index in [-0.39, 0.29) is 6.03 Å². The Morgan fingerprint density at radius 3 is 2.50 bits per heavy atom. The van der Waals surface area contributed by atoms with E-state index >= 15 is 0 Å². The Kier molecular flexibility index (Phi) is 11.3. The van der Waals surface area contributed by atoms with E-state index in [9.17, 15) is 9.59 Å². The number of urea groups is 1. The lowest BCUT2D eigenvalue weighted by molar-refractivity contribution is 0.137. The number of nitrogens with one attached hydrogen (secondary N) is 3. The van der Waals surface area contributed by atoms with Crippen LogP contribution in [0.4, 0.5) is 26.7 Å². The molecular formula is C34H44N6O4. The maximum Gasteiger partial charge on any atom is 0.411 e. The molecule has 0 saturated carbocycles. The lowest BCUT2D eigenvalue weighted by atomic mass is 10.2. The minimum atomic E-state index is -0.489.